The number of fused-ring (bicyclic) bond motifs is 1. The molecule has 0 aliphatic carbocycles. The molecule has 19 heavy (non-hydrogen) atoms. The van der Waals surface area contributed by atoms with Crippen LogP contribution >= 0.6 is 0 Å². The number of hydrogen-bond acceptors (Lipinski definition) is 4. The summed E-state index contributed by atoms with van der Waals surface area (Å²) in [6.07, 6.45) is 5.30. The molecule has 1 aromatic heterocycles. The highest BCUT2D eigenvalue weighted by molar-refractivity contribution is 5.93. The van der Waals surface area contributed by atoms with Gasteiger partial charge in [-0.3, -0.25) is 9.59 Å². The summed E-state index contributed by atoms with van der Waals surface area (Å²) < 4.78 is 0. The van der Waals surface area contributed by atoms with Gasteiger partial charge in [0.15, 0.2) is 0 Å². The van der Waals surface area contributed by atoms with E-state index in [2.05, 4.69) is 15.5 Å². The van der Waals surface area contributed by atoms with Crippen molar-refractivity contribution in [1.82, 2.24) is 20.4 Å². The lowest BCUT2D eigenvalue weighted by atomic mass is 9.85. The number of amides is 2. The van der Waals surface area contributed by atoms with Crippen LogP contribution in [0.15, 0.2) is 18.5 Å². The first-order chi connectivity index (χ1) is 9.24. The quantitative estimate of drug-likeness (QED) is 0.783. The fourth-order valence-corrected chi connectivity index (χ4v) is 2.89. The number of carbonyl (C=O) groups excluding carboxylic acids is 2. The summed E-state index contributed by atoms with van der Waals surface area (Å²) in [7, 11) is 0. The summed E-state index contributed by atoms with van der Waals surface area (Å²) in [6, 6.07) is 1.92. The van der Waals surface area contributed by atoms with E-state index in [4.69, 9.17) is 0 Å². The summed E-state index contributed by atoms with van der Waals surface area (Å²) in [5.41, 5.74) is 0.577. The molecule has 2 amide bonds. The number of piperidine rings is 2. The Morgan fingerprint density at radius 1 is 1.37 bits per heavy atom. The average Bonchev–Trinajstić information content (AvgIpc) is 2.47. The molecule has 0 radical (unpaired) electrons. The molecule has 0 spiro atoms. The Balaban J connectivity index is 1.68. The van der Waals surface area contributed by atoms with E-state index in [-0.39, 0.29) is 17.9 Å². The van der Waals surface area contributed by atoms with Gasteiger partial charge in [-0.15, -0.1) is 0 Å². The summed E-state index contributed by atoms with van der Waals surface area (Å²) in [4.78, 5) is 25.5. The Morgan fingerprint density at radius 3 is 3.05 bits per heavy atom. The third-order valence-electron chi connectivity index (χ3n) is 3.94. The fourth-order valence-electron chi connectivity index (χ4n) is 2.89. The Morgan fingerprint density at radius 2 is 2.26 bits per heavy atom. The lowest BCUT2D eigenvalue weighted by Gasteiger charge is -2.41. The average molecular weight is 260 g/mol. The van der Waals surface area contributed by atoms with Crippen LogP contribution in [0.5, 0.6) is 0 Å². The van der Waals surface area contributed by atoms with Gasteiger partial charge in [0, 0.05) is 25.6 Å². The Hall–Kier alpha value is -1.98. The molecule has 2 fully saturated rings. The Bertz CT molecular complexity index is 491. The number of nitrogens with zero attached hydrogens (tertiary/aromatic N) is 3. The lowest BCUT2D eigenvalue weighted by Crippen LogP contribution is -2.55. The molecular formula is C13H16N4O2. The normalized spacial score (nSPS) is 26.5. The SMILES string of the molecule is O=C1CCC2CN(C(=O)c3ccnnc3)CCC2N1. The van der Waals surface area contributed by atoms with Gasteiger partial charge >= 0.3 is 0 Å². The van der Waals surface area contributed by atoms with Crippen molar-refractivity contribution in [3.05, 3.63) is 24.0 Å². The lowest BCUT2D eigenvalue weighted by molar-refractivity contribution is -0.125. The van der Waals surface area contributed by atoms with Crippen LogP contribution < -0.4 is 5.32 Å². The number of nitrogens with one attached hydrogen (secondary N) is 1. The standard InChI is InChI=1S/C13H16N4O2/c18-12-2-1-10-8-17(6-4-11(10)16-12)13(19)9-3-5-14-15-7-9/h3,5,7,10-11H,1-2,4,6,8H2,(H,16,18). The second kappa shape index (κ2) is 4.95. The van der Waals surface area contributed by atoms with Gasteiger partial charge in [0.05, 0.1) is 18.0 Å². The maximum Gasteiger partial charge on any atom is 0.255 e. The van der Waals surface area contributed by atoms with Gasteiger partial charge in [0.2, 0.25) is 5.91 Å². The van der Waals surface area contributed by atoms with Crippen LogP contribution in [0.4, 0.5) is 0 Å². The molecule has 6 nitrogen and oxygen atoms in total. The summed E-state index contributed by atoms with van der Waals surface area (Å²) in [5.74, 6) is 0.523. The number of rotatable bonds is 1. The number of aromatic nitrogens is 2. The largest absolute Gasteiger partial charge is 0.353 e. The molecule has 1 aromatic rings. The van der Waals surface area contributed by atoms with E-state index >= 15 is 0 Å². The van der Waals surface area contributed by atoms with E-state index in [0.717, 1.165) is 12.8 Å². The molecule has 6 heteroatoms. The smallest absolute Gasteiger partial charge is 0.255 e. The number of carbonyl (C=O) groups is 2. The minimum Gasteiger partial charge on any atom is -0.353 e. The Kier molecular flexibility index (Phi) is 3.15. The van der Waals surface area contributed by atoms with E-state index in [1.165, 1.54) is 12.4 Å². The molecule has 2 aliphatic heterocycles. The predicted molar refractivity (Wildman–Crippen MR) is 67.2 cm³/mol. The van der Waals surface area contributed by atoms with Crippen molar-refractivity contribution >= 4 is 11.8 Å². The van der Waals surface area contributed by atoms with Gasteiger partial charge in [-0.2, -0.15) is 10.2 Å². The van der Waals surface area contributed by atoms with Crippen molar-refractivity contribution < 1.29 is 9.59 Å². The molecule has 0 bridgehead atoms. The zero-order valence-corrected chi connectivity index (χ0v) is 10.6. The summed E-state index contributed by atoms with van der Waals surface area (Å²) in [6.45, 7) is 1.40. The molecule has 3 rings (SSSR count). The highest BCUT2D eigenvalue weighted by atomic mass is 16.2. The monoisotopic (exact) mass is 260 g/mol. The van der Waals surface area contributed by atoms with Gasteiger partial charge in [0.1, 0.15) is 0 Å². The zero-order chi connectivity index (χ0) is 13.2. The second-order valence-corrected chi connectivity index (χ2v) is 5.14. The fraction of sp³-hybridized carbons (Fsp3) is 0.538. The van der Waals surface area contributed by atoms with Crippen LogP contribution in [0.2, 0.25) is 0 Å². The summed E-state index contributed by atoms with van der Waals surface area (Å²) >= 11 is 0. The van der Waals surface area contributed by atoms with Crippen molar-refractivity contribution in [3.63, 3.8) is 0 Å². The van der Waals surface area contributed by atoms with Crippen LogP contribution in [0.25, 0.3) is 0 Å². The summed E-state index contributed by atoms with van der Waals surface area (Å²) in [5, 5.41) is 10.4. The van der Waals surface area contributed by atoms with Crippen molar-refractivity contribution in [2.45, 2.75) is 25.3 Å². The second-order valence-electron chi connectivity index (χ2n) is 5.14. The maximum atomic E-state index is 12.3. The van der Waals surface area contributed by atoms with Gasteiger partial charge in [-0.1, -0.05) is 0 Å². The maximum absolute atomic E-state index is 12.3. The highest BCUT2D eigenvalue weighted by Crippen LogP contribution is 2.26. The third-order valence-corrected chi connectivity index (χ3v) is 3.94. The van der Waals surface area contributed by atoms with Crippen LogP contribution in [0.1, 0.15) is 29.6 Å². The van der Waals surface area contributed by atoms with Crippen molar-refractivity contribution in [3.8, 4) is 0 Å². The molecule has 2 aliphatic rings. The van der Waals surface area contributed by atoms with Crippen LogP contribution in [0, 0.1) is 5.92 Å². The molecule has 100 valence electrons. The van der Waals surface area contributed by atoms with Gasteiger partial charge in [-0.25, -0.2) is 0 Å². The number of hydrogen-bond donors (Lipinski definition) is 1. The van der Waals surface area contributed by atoms with E-state index in [0.29, 0.717) is 31.0 Å². The van der Waals surface area contributed by atoms with E-state index in [9.17, 15) is 9.59 Å². The number of likely N-dealkylation sites (tertiary alicyclic amines) is 1. The van der Waals surface area contributed by atoms with Crippen LogP contribution in [-0.2, 0) is 4.79 Å². The first kappa shape index (κ1) is 12.1. The van der Waals surface area contributed by atoms with E-state index in [1.807, 2.05) is 4.90 Å². The molecule has 0 aromatic carbocycles. The van der Waals surface area contributed by atoms with Gasteiger partial charge in [-0.05, 0) is 24.8 Å². The van der Waals surface area contributed by atoms with Crippen LogP contribution in [-0.4, -0.2) is 46.0 Å². The van der Waals surface area contributed by atoms with Crippen molar-refractivity contribution in [2.75, 3.05) is 13.1 Å². The first-order valence-corrected chi connectivity index (χ1v) is 6.59. The molecular weight excluding hydrogens is 244 g/mol. The third kappa shape index (κ3) is 2.43. The zero-order valence-electron chi connectivity index (χ0n) is 10.6. The molecule has 2 atom stereocenters. The first-order valence-electron chi connectivity index (χ1n) is 6.59. The topological polar surface area (TPSA) is 75.2 Å². The molecule has 2 saturated heterocycles. The minimum atomic E-state index is 0.00486. The Labute approximate surface area is 111 Å². The van der Waals surface area contributed by atoms with Gasteiger partial charge < -0.3 is 10.2 Å². The molecule has 2 unspecified atom stereocenters. The van der Waals surface area contributed by atoms with Crippen LogP contribution in [0.3, 0.4) is 0 Å². The van der Waals surface area contributed by atoms with E-state index in [1.54, 1.807) is 6.07 Å². The van der Waals surface area contributed by atoms with Gasteiger partial charge in [0.25, 0.3) is 5.91 Å². The predicted octanol–water partition coefficient (Wildman–Crippen LogP) is 0.217. The minimum absolute atomic E-state index is 0.00486. The van der Waals surface area contributed by atoms with Crippen molar-refractivity contribution in [2.24, 2.45) is 5.92 Å². The molecule has 3 heterocycles. The highest BCUT2D eigenvalue weighted by Gasteiger charge is 2.35. The van der Waals surface area contributed by atoms with Crippen molar-refractivity contribution in [1.29, 1.82) is 0 Å². The van der Waals surface area contributed by atoms with E-state index < -0.39 is 0 Å². The molecule has 0 saturated carbocycles. The molecule has 1 N–H and O–H groups in total.